The van der Waals surface area contributed by atoms with Crippen LogP contribution in [-0.2, 0) is 16.0 Å². The van der Waals surface area contributed by atoms with Crippen LogP contribution in [0.5, 0.6) is 5.75 Å². The third kappa shape index (κ3) is 3.47. The van der Waals surface area contributed by atoms with E-state index < -0.39 is 0 Å². The lowest BCUT2D eigenvalue weighted by atomic mass is 10.1. The molecule has 104 valence electrons. The fraction of sp³-hybridized carbons (Fsp3) is 0.533. The Hall–Kier alpha value is -1.55. The molecule has 1 heterocycles. The predicted molar refractivity (Wildman–Crippen MR) is 73.3 cm³/mol. The van der Waals surface area contributed by atoms with E-state index in [2.05, 4.69) is 0 Å². The summed E-state index contributed by atoms with van der Waals surface area (Å²) < 4.78 is 10.9. The number of nitrogens with zero attached hydrogens (tertiary/aromatic N) is 1. The van der Waals surface area contributed by atoms with Gasteiger partial charge in [0.1, 0.15) is 5.75 Å². The fourth-order valence-corrected chi connectivity index (χ4v) is 2.51. The summed E-state index contributed by atoms with van der Waals surface area (Å²) >= 11 is 0. The molecule has 1 aliphatic rings. The van der Waals surface area contributed by atoms with E-state index in [0.29, 0.717) is 19.5 Å². The van der Waals surface area contributed by atoms with Gasteiger partial charge in [-0.15, -0.1) is 0 Å². The normalized spacial score (nSPS) is 23.2. The van der Waals surface area contributed by atoms with Gasteiger partial charge in [-0.1, -0.05) is 18.2 Å². The van der Waals surface area contributed by atoms with Gasteiger partial charge < -0.3 is 14.4 Å². The molecule has 0 bridgehead atoms. The van der Waals surface area contributed by atoms with Gasteiger partial charge in [-0.25, -0.2) is 0 Å². The first kappa shape index (κ1) is 13.9. The molecule has 1 aromatic carbocycles. The molecule has 1 fully saturated rings. The van der Waals surface area contributed by atoms with E-state index in [-0.39, 0.29) is 18.1 Å². The molecule has 1 aromatic rings. The molecule has 1 aliphatic heterocycles. The summed E-state index contributed by atoms with van der Waals surface area (Å²) in [4.78, 5) is 14.2. The summed E-state index contributed by atoms with van der Waals surface area (Å²) in [6.07, 6.45) is 0.583. The highest BCUT2D eigenvalue weighted by molar-refractivity contribution is 5.79. The largest absolute Gasteiger partial charge is 0.496 e. The molecule has 0 unspecified atom stereocenters. The number of methoxy groups -OCH3 is 1. The van der Waals surface area contributed by atoms with Crippen molar-refractivity contribution < 1.29 is 14.3 Å². The van der Waals surface area contributed by atoms with Crippen LogP contribution in [0.1, 0.15) is 19.4 Å². The molecule has 2 atom stereocenters. The van der Waals surface area contributed by atoms with Crippen molar-refractivity contribution in [3.63, 3.8) is 0 Å². The van der Waals surface area contributed by atoms with Crippen molar-refractivity contribution in [2.75, 3.05) is 20.2 Å². The topological polar surface area (TPSA) is 38.8 Å². The van der Waals surface area contributed by atoms with Crippen molar-refractivity contribution >= 4 is 5.91 Å². The van der Waals surface area contributed by atoms with Crippen molar-refractivity contribution in [2.45, 2.75) is 32.5 Å². The molecule has 2 rings (SSSR count). The van der Waals surface area contributed by atoms with E-state index >= 15 is 0 Å². The molecule has 0 spiro atoms. The Balaban J connectivity index is 2.04. The first-order valence-electron chi connectivity index (χ1n) is 6.65. The third-order valence-corrected chi connectivity index (χ3v) is 3.31. The van der Waals surface area contributed by atoms with Crippen LogP contribution in [0.4, 0.5) is 0 Å². The molecular weight excluding hydrogens is 242 g/mol. The number of ether oxygens (including phenoxy) is 2. The predicted octanol–water partition coefficient (Wildman–Crippen LogP) is 1.87. The standard InChI is InChI=1S/C15H21NO3/c1-11-9-16(10-12(2)19-11)15(17)8-13-6-4-5-7-14(13)18-3/h4-7,11-12H,8-10H2,1-3H3/t11-,12-/m0/s1. The van der Waals surface area contributed by atoms with Gasteiger partial charge in [-0.05, 0) is 19.9 Å². The van der Waals surface area contributed by atoms with Crippen LogP contribution in [-0.4, -0.2) is 43.2 Å². The van der Waals surface area contributed by atoms with Crippen molar-refractivity contribution in [2.24, 2.45) is 0 Å². The fourth-order valence-electron chi connectivity index (χ4n) is 2.51. The molecule has 4 nitrogen and oxygen atoms in total. The van der Waals surface area contributed by atoms with E-state index in [1.54, 1.807) is 7.11 Å². The van der Waals surface area contributed by atoms with Crippen LogP contribution in [0.25, 0.3) is 0 Å². The number of para-hydroxylation sites is 1. The van der Waals surface area contributed by atoms with E-state index in [1.807, 2.05) is 43.0 Å². The summed E-state index contributed by atoms with van der Waals surface area (Å²) in [5.74, 6) is 0.900. The number of carbonyl (C=O) groups excluding carboxylic acids is 1. The first-order chi connectivity index (χ1) is 9.10. The van der Waals surface area contributed by atoms with Crippen molar-refractivity contribution in [1.29, 1.82) is 0 Å². The minimum atomic E-state index is 0.102. The summed E-state index contributed by atoms with van der Waals surface area (Å²) in [6.45, 7) is 5.33. The maximum Gasteiger partial charge on any atom is 0.227 e. The number of morpholine rings is 1. The molecule has 0 saturated carbocycles. The number of carbonyl (C=O) groups is 1. The van der Waals surface area contributed by atoms with Crippen LogP contribution in [0.3, 0.4) is 0 Å². The van der Waals surface area contributed by atoms with E-state index in [4.69, 9.17) is 9.47 Å². The second-order valence-electron chi connectivity index (χ2n) is 5.04. The first-order valence-corrected chi connectivity index (χ1v) is 6.65. The van der Waals surface area contributed by atoms with E-state index in [9.17, 15) is 4.79 Å². The van der Waals surface area contributed by atoms with Crippen molar-refractivity contribution in [1.82, 2.24) is 4.90 Å². The maximum atomic E-state index is 12.3. The molecule has 0 radical (unpaired) electrons. The quantitative estimate of drug-likeness (QED) is 0.835. The Labute approximate surface area is 114 Å². The molecular formula is C15H21NO3. The molecule has 4 heteroatoms. The second kappa shape index (κ2) is 6.06. The second-order valence-corrected chi connectivity index (χ2v) is 5.04. The minimum absolute atomic E-state index is 0.102. The highest BCUT2D eigenvalue weighted by Gasteiger charge is 2.26. The molecule has 0 N–H and O–H groups in total. The molecule has 0 aliphatic carbocycles. The Morgan fingerprint density at radius 2 is 1.95 bits per heavy atom. The summed E-state index contributed by atoms with van der Waals surface area (Å²) in [5, 5.41) is 0. The lowest BCUT2D eigenvalue weighted by Crippen LogP contribution is -2.48. The molecule has 0 aromatic heterocycles. The van der Waals surface area contributed by atoms with Crippen molar-refractivity contribution in [3.05, 3.63) is 29.8 Å². The van der Waals surface area contributed by atoms with Gasteiger partial charge in [0.25, 0.3) is 0 Å². The zero-order valence-electron chi connectivity index (χ0n) is 11.8. The molecule has 1 amide bonds. The third-order valence-electron chi connectivity index (χ3n) is 3.31. The Kier molecular flexibility index (Phi) is 4.43. The smallest absolute Gasteiger partial charge is 0.227 e. The molecule has 19 heavy (non-hydrogen) atoms. The molecule has 1 saturated heterocycles. The van der Waals surface area contributed by atoms with E-state index in [1.165, 1.54) is 0 Å². The average Bonchev–Trinajstić information content (AvgIpc) is 2.38. The van der Waals surface area contributed by atoms with Gasteiger partial charge in [-0.2, -0.15) is 0 Å². The lowest BCUT2D eigenvalue weighted by Gasteiger charge is -2.35. The van der Waals surface area contributed by atoms with Gasteiger partial charge in [0, 0.05) is 18.7 Å². The van der Waals surface area contributed by atoms with Crippen LogP contribution in [0.15, 0.2) is 24.3 Å². The van der Waals surface area contributed by atoms with Crippen LogP contribution >= 0.6 is 0 Å². The average molecular weight is 263 g/mol. The van der Waals surface area contributed by atoms with Crippen LogP contribution < -0.4 is 4.74 Å². The highest BCUT2D eigenvalue weighted by Crippen LogP contribution is 2.19. The monoisotopic (exact) mass is 263 g/mol. The van der Waals surface area contributed by atoms with Crippen LogP contribution in [0, 0.1) is 0 Å². The van der Waals surface area contributed by atoms with Gasteiger partial charge in [0.2, 0.25) is 5.91 Å². The lowest BCUT2D eigenvalue weighted by molar-refractivity contribution is -0.142. The SMILES string of the molecule is COc1ccccc1CC(=O)N1C[C@H](C)O[C@@H](C)C1. The number of rotatable bonds is 3. The summed E-state index contributed by atoms with van der Waals surface area (Å²) in [7, 11) is 1.63. The highest BCUT2D eigenvalue weighted by atomic mass is 16.5. The maximum absolute atomic E-state index is 12.3. The van der Waals surface area contributed by atoms with E-state index in [0.717, 1.165) is 11.3 Å². The van der Waals surface area contributed by atoms with Gasteiger partial charge in [0.15, 0.2) is 0 Å². The van der Waals surface area contributed by atoms with Gasteiger partial charge in [-0.3, -0.25) is 4.79 Å². The summed E-state index contributed by atoms with van der Waals surface area (Å²) in [6, 6.07) is 7.65. The zero-order chi connectivity index (χ0) is 13.8. The Morgan fingerprint density at radius 1 is 1.32 bits per heavy atom. The zero-order valence-corrected chi connectivity index (χ0v) is 11.8. The number of amides is 1. The minimum Gasteiger partial charge on any atom is -0.496 e. The Morgan fingerprint density at radius 3 is 2.58 bits per heavy atom. The Bertz CT molecular complexity index is 437. The number of benzene rings is 1. The number of hydrogen-bond donors (Lipinski definition) is 0. The number of hydrogen-bond acceptors (Lipinski definition) is 3. The van der Waals surface area contributed by atoms with Gasteiger partial charge >= 0.3 is 0 Å². The van der Waals surface area contributed by atoms with Crippen LogP contribution in [0.2, 0.25) is 0 Å². The summed E-state index contributed by atoms with van der Waals surface area (Å²) in [5.41, 5.74) is 0.932. The van der Waals surface area contributed by atoms with Crippen molar-refractivity contribution in [3.8, 4) is 5.75 Å². The van der Waals surface area contributed by atoms with Gasteiger partial charge in [0.05, 0.1) is 25.7 Å².